The summed E-state index contributed by atoms with van der Waals surface area (Å²) in [5.41, 5.74) is 5.21. The molecular weight excluding hydrogens is 733 g/mol. The number of aliphatic hydroxyl groups is 3. The third-order valence-electron chi connectivity index (χ3n) is 20.8. The number of hydrogen-bond acceptors (Lipinski definition) is 3. The maximum atomic E-state index is 10.2. The van der Waals surface area contributed by atoms with Crippen LogP contribution in [-0.4, -0.2) is 34.1 Å². The Balaban J connectivity index is 0.000000185. The van der Waals surface area contributed by atoms with Gasteiger partial charge in [0.25, 0.3) is 0 Å². The van der Waals surface area contributed by atoms with E-state index in [4.69, 9.17) is 5.11 Å². The van der Waals surface area contributed by atoms with Gasteiger partial charge >= 0.3 is 0 Å². The highest BCUT2D eigenvalue weighted by atomic mass is 16.3. The molecule has 346 valence electrons. The minimum Gasteiger partial charge on any atom is -0.396 e. The molecule has 3 heteroatoms. The monoisotopic (exact) mass is 833 g/mol. The van der Waals surface area contributed by atoms with Gasteiger partial charge in [0.05, 0.1) is 12.2 Å². The first-order chi connectivity index (χ1) is 28.4. The summed E-state index contributed by atoms with van der Waals surface area (Å²) in [5.74, 6) is 10.9. The molecule has 0 aromatic rings. The second kappa shape index (κ2) is 20.3. The zero-order valence-corrected chi connectivity index (χ0v) is 41.5. The van der Waals surface area contributed by atoms with Crippen molar-refractivity contribution in [2.45, 2.75) is 236 Å². The third kappa shape index (κ3) is 9.80. The van der Waals surface area contributed by atoms with Crippen LogP contribution in [0.15, 0.2) is 23.3 Å². The summed E-state index contributed by atoms with van der Waals surface area (Å²) in [4.78, 5) is 0. The van der Waals surface area contributed by atoms with E-state index >= 15 is 0 Å². The maximum absolute atomic E-state index is 10.2. The van der Waals surface area contributed by atoms with Crippen molar-refractivity contribution >= 4 is 0 Å². The molecule has 16 atom stereocenters. The molecule has 0 radical (unpaired) electrons. The van der Waals surface area contributed by atoms with Crippen molar-refractivity contribution in [3.8, 4) is 0 Å². The maximum Gasteiger partial charge on any atom is 0.0577 e. The minimum atomic E-state index is -0.0766. The van der Waals surface area contributed by atoms with Gasteiger partial charge in [-0.25, -0.2) is 0 Å². The van der Waals surface area contributed by atoms with Crippen LogP contribution in [0.2, 0.25) is 0 Å². The van der Waals surface area contributed by atoms with Gasteiger partial charge < -0.3 is 15.3 Å². The predicted octanol–water partition coefficient (Wildman–Crippen LogP) is 15.2. The molecule has 0 saturated heterocycles. The van der Waals surface area contributed by atoms with E-state index in [2.05, 4.69) is 81.4 Å². The second-order valence-corrected chi connectivity index (χ2v) is 25.1. The average Bonchev–Trinajstić information content (AvgIpc) is 3.75. The van der Waals surface area contributed by atoms with Gasteiger partial charge in [-0.3, -0.25) is 0 Å². The molecule has 8 aliphatic carbocycles. The number of rotatable bonds is 11. The van der Waals surface area contributed by atoms with E-state index in [1.54, 1.807) is 11.1 Å². The Labute approximate surface area is 372 Å². The molecule has 60 heavy (non-hydrogen) atoms. The molecule has 0 bridgehead atoms. The lowest BCUT2D eigenvalue weighted by atomic mass is 9.47. The molecule has 6 saturated carbocycles. The van der Waals surface area contributed by atoms with Gasteiger partial charge in [0.15, 0.2) is 0 Å². The van der Waals surface area contributed by atoms with Gasteiger partial charge in [-0.1, -0.05) is 138 Å². The van der Waals surface area contributed by atoms with Gasteiger partial charge in [0, 0.05) is 6.61 Å². The first-order valence-electron chi connectivity index (χ1n) is 26.8. The Kier molecular flexibility index (Phi) is 16.5. The van der Waals surface area contributed by atoms with Crippen LogP contribution in [0.1, 0.15) is 224 Å². The molecule has 0 unspecified atom stereocenters. The lowest BCUT2D eigenvalue weighted by Gasteiger charge is -2.58. The number of allylic oxidation sites excluding steroid dienone is 2. The minimum absolute atomic E-state index is 0.0766. The lowest BCUT2D eigenvalue weighted by Crippen LogP contribution is -2.50. The van der Waals surface area contributed by atoms with Gasteiger partial charge in [0.1, 0.15) is 0 Å². The highest BCUT2D eigenvalue weighted by Gasteiger charge is 2.60. The van der Waals surface area contributed by atoms with Gasteiger partial charge in [0.2, 0.25) is 0 Å². The largest absolute Gasteiger partial charge is 0.396 e. The van der Waals surface area contributed by atoms with Crippen LogP contribution in [-0.2, 0) is 0 Å². The third-order valence-corrected chi connectivity index (χ3v) is 20.8. The highest BCUT2D eigenvalue weighted by molar-refractivity contribution is 5.27. The fourth-order valence-electron chi connectivity index (χ4n) is 17.3. The zero-order valence-electron chi connectivity index (χ0n) is 41.5. The summed E-state index contributed by atoms with van der Waals surface area (Å²) in [6, 6.07) is 0. The van der Waals surface area contributed by atoms with Crippen molar-refractivity contribution < 1.29 is 15.3 Å². The van der Waals surface area contributed by atoms with E-state index in [-0.39, 0.29) is 12.2 Å². The van der Waals surface area contributed by atoms with Gasteiger partial charge in [-0.2, -0.15) is 0 Å². The molecule has 8 aliphatic rings. The SMILES string of the molecule is CC(C)CCC[C@@H](C)[C@H]1CC[C@H]2[C@@H]3CC=C4C[C@@H](O)CC[C@]4(C)[C@H]3CC[C@]12C.CC(C)CCC[C@@H](C)[C@H]1CC[C@H]2[C@@H]3CC=C4C[C@@H](O)CC[C@]4(C)[C@H]3CC[C@]12C.CCCO. The van der Waals surface area contributed by atoms with Crippen molar-refractivity contribution in [2.75, 3.05) is 6.61 Å². The predicted molar refractivity (Wildman–Crippen MR) is 255 cm³/mol. The van der Waals surface area contributed by atoms with Crippen molar-refractivity contribution in [3.63, 3.8) is 0 Å². The van der Waals surface area contributed by atoms with Crippen LogP contribution in [0.5, 0.6) is 0 Å². The van der Waals surface area contributed by atoms with Crippen molar-refractivity contribution in [1.82, 2.24) is 0 Å². The molecule has 3 nitrogen and oxygen atoms in total. The summed E-state index contributed by atoms with van der Waals surface area (Å²) in [6.45, 7) is 27.4. The normalized spacial score (nSPS) is 43.9. The topological polar surface area (TPSA) is 60.7 Å². The van der Waals surface area contributed by atoms with Gasteiger partial charge in [-0.05, 0) is 202 Å². The smallest absolute Gasteiger partial charge is 0.0577 e. The highest BCUT2D eigenvalue weighted by Crippen LogP contribution is 2.69. The molecule has 0 spiro atoms. The Morgan fingerprint density at radius 1 is 0.533 bits per heavy atom. The number of fused-ring (bicyclic) bond motifs is 10. The summed E-state index contributed by atoms with van der Waals surface area (Å²) < 4.78 is 0. The van der Waals surface area contributed by atoms with Crippen LogP contribution in [0.4, 0.5) is 0 Å². The van der Waals surface area contributed by atoms with Crippen molar-refractivity contribution in [3.05, 3.63) is 23.3 Å². The Bertz CT molecular complexity index is 1320. The van der Waals surface area contributed by atoms with E-state index in [0.717, 1.165) is 103 Å². The molecule has 8 rings (SSSR count). The van der Waals surface area contributed by atoms with Crippen LogP contribution >= 0.6 is 0 Å². The first-order valence-corrected chi connectivity index (χ1v) is 26.8. The van der Waals surface area contributed by atoms with Crippen molar-refractivity contribution in [2.24, 2.45) is 92.7 Å². The molecular formula is C57H100O3. The Morgan fingerprint density at radius 3 is 1.27 bits per heavy atom. The fourth-order valence-corrected chi connectivity index (χ4v) is 17.3. The molecule has 6 fully saturated rings. The van der Waals surface area contributed by atoms with Crippen LogP contribution < -0.4 is 0 Å². The van der Waals surface area contributed by atoms with E-state index < -0.39 is 0 Å². The first kappa shape index (κ1) is 48.8. The Morgan fingerprint density at radius 2 is 0.917 bits per heavy atom. The van der Waals surface area contributed by atoms with Crippen molar-refractivity contribution in [1.29, 1.82) is 0 Å². The molecule has 0 aliphatic heterocycles. The quantitative estimate of drug-likeness (QED) is 0.182. The van der Waals surface area contributed by atoms with E-state index in [1.165, 1.54) is 116 Å². The molecule has 0 amide bonds. The average molecular weight is 833 g/mol. The molecule has 0 aromatic heterocycles. The van der Waals surface area contributed by atoms with E-state index in [1.807, 2.05) is 6.92 Å². The molecule has 3 N–H and O–H groups in total. The standard InChI is InChI=1S/2C27H46O.C3H8O/c2*1-18(2)7-6-8-19(3)23-11-12-24-22-10-9-20-17-21(28)13-15-26(20,4)25(22)14-16-27(23,24)5;1-2-3-4/h2*9,18-19,21-25,28H,6-8,10-17H2,1-5H3;4H,2-3H2,1H3/t2*19-,21+,22+,23-,24+,25+,26+,27-;/m11./s1. The molecule has 0 aromatic carbocycles. The summed E-state index contributed by atoms with van der Waals surface area (Å²) >= 11 is 0. The van der Waals surface area contributed by atoms with Gasteiger partial charge in [-0.15, -0.1) is 0 Å². The second-order valence-electron chi connectivity index (χ2n) is 25.1. The number of hydrogen-bond donors (Lipinski definition) is 3. The summed E-state index contributed by atoms with van der Waals surface area (Å²) in [6.07, 6.45) is 35.2. The zero-order chi connectivity index (χ0) is 43.6. The van der Waals surface area contributed by atoms with Crippen LogP contribution in [0.3, 0.4) is 0 Å². The molecule has 0 heterocycles. The van der Waals surface area contributed by atoms with Crippen LogP contribution in [0.25, 0.3) is 0 Å². The lowest BCUT2D eigenvalue weighted by molar-refractivity contribution is -0.0573. The van der Waals surface area contributed by atoms with Crippen LogP contribution in [0, 0.1) is 92.7 Å². The fraction of sp³-hybridized carbons (Fsp3) is 0.930. The summed E-state index contributed by atoms with van der Waals surface area (Å²) in [5, 5.41) is 28.3. The van der Waals surface area contributed by atoms with E-state index in [0.29, 0.717) is 28.3 Å². The summed E-state index contributed by atoms with van der Waals surface area (Å²) in [7, 11) is 0. The number of aliphatic hydroxyl groups excluding tert-OH is 3. The Hall–Kier alpha value is -0.640. The van der Waals surface area contributed by atoms with E-state index in [9.17, 15) is 10.2 Å².